The molecule has 0 amide bonds. The van der Waals surface area contributed by atoms with Crippen molar-refractivity contribution < 1.29 is 5.11 Å². The van der Waals surface area contributed by atoms with Crippen molar-refractivity contribution in [2.45, 2.75) is 19.4 Å². The van der Waals surface area contributed by atoms with Crippen molar-refractivity contribution in [3.63, 3.8) is 0 Å². The van der Waals surface area contributed by atoms with Crippen molar-refractivity contribution in [1.82, 2.24) is 4.57 Å². The van der Waals surface area contributed by atoms with Gasteiger partial charge in [-0.1, -0.05) is 52.3 Å². The molecule has 0 saturated heterocycles. The fourth-order valence-corrected chi connectivity index (χ4v) is 2.85. The molecule has 2 aromatic carbocycles. The van der Waals surface area contributed by atoms with Crippen LogP contribution in [0.5, 0.6) is 5.88 Å². The topological polar surface area (TPSA) is 25.2 Å². The third-order valence-electron chi connectivity index (χ3n) is 3.53. The number of aromatic nitrogens is 1. The molecule has 0 unspecified atom stereocenters. The Kier molecular flexibility index (Phi) is 3.79. The predicted molar refractivity (Wildman–Crippen MR) is 86.1 cm³/mol. The molecule has 0 aliphatic carbocycles. The minimum atomic E-state index is 0.356. The normalized spacial score (nSPS) is 11.1. The number of benzene rings is 2. The van der Waals surface area contributed by atoms with Crippen molar-refractivity contribution in [2.24, 2.45) is 0 Å². The lowest BCUT2D eigenvalue weighted by atomic mass is 10.1. The summed E-state index contributed by atoms with van der Waals surface area (Å²) in [6.07, 6.45) is 4.06. The molecule has 3 rings (SSSR count). The summed E-state index contributed by atoms with van der Waals surface area (Å²) in [5.41, 5.74) is 1.34. The molecule has 1 N–H and O–H groups in total. The van der Waals surface area contributed by atoms with E-state index in [9.17, 15) is 5.11 Å². The van der Waals surface area contributed by atoms with Gasteiger partial charge in [0.05, 0.1) is 0 Å². The number of hydrogen-bond donors (Lipinski definition) is 1. The van der Waals surface area contributed by atoms with Gasteiger partial charge in [-0.05, 0) is 30.5 Å². The predicted octanol–water partition coefficient (Wildman–Crippen LogP) is 4.74. The Bertz CT molecular complexity index is 718. The van der Waals surface area contributed by atoms with E-state index in [4.69, 9.17) is 0 Å². The molecule has 2 nitrogen and oxygen atoms in total. The fraction of sp³-hybridized carbons (Fsp3) is 0.176. The summed E-state index contributed by atoms with van der Waals surface area (Å²) in [5, 5.41) is 12.2. The van der Waals surface area contributed by atoms with Crippen molar-refractivity contribution in [1.29, 1.82) is 0 Å². The number of aryl methyl sites for hydroxylation is 2. The Morgan fingerprint density at radius 1 is 1.05 bits per heavy atom. The molecule has 0 fully saturated rings. The van der Waals surface area contributed by atoms with E-state index < -0.39 is 0 Å². The minimum absolute atomic E-state index is 0.356. The number of fused-ring (bicyclic) bond motifs is 1. The highest BCUT2D eigenvalue weighted by Crippen LogP contribution is 2.29. The van der Waals surface area contributed by atoms with Gasteiger partial charge in [-0.3, -0.25) is 0 Å². The van der Waals surface area contributed by atoms with Gasteiger partial charge < -0.3 is 9.67 Å². The molecule has 0 aliphatic rings. The van der Waals surface area contributed by atoms with Gasteiger partial charge in [-0.15, -0.1) is 0 Å². The number of aromatic hydroxyl groups is 1. The Balaban J connectivity index is 1.73. The molecule has 0 spiro atoms. The molecule has 3 aromatic rings. The number of rotatable bonds is 4. The smallest absolute Gasteiger partial charge is 0.199 e. The molecule has 1 heterocycles. The lowest BCUT2D eigenvalue weighted by Gasteiger charge is -2.05. The largest absolute Gasteiger partial charge is 0.494 e. The summed E-state index contributed by atoms with van der Waals surface area (Å²) in [4.78, 5) is 0. The van der Waals surface area contributed by atoms with Gasteiger partial charge in [0.25, 0.3) is 0 Å². The average molecular weight is 330 g/mol. The van der Waals surface area contributed by atoms with Crippen molar-refractivity contribution in [3.8, 4) is 5.88 Å². The molecule has 0 atom stereocenters. The molecule has 3 heteroatoms. The van der Waals surface area contributed by atoms with Crippen LogP contribution in [0.2, 0.25) is 0 Å². The summed E-state index contributed by atoms with van der Waals surface area (Å²) in [7, 11) is 0. The van der Waals surface area contributed by atoms with Crippen LogP contribution in [0.3, 0.4) is 0 Å². The van der Waals surface area contributed by atoms with Gasteiger partial charge >= 0.3 is 0 Å². The van der Waals surface area contributed by atoms with E-state index in [0.717, 1.165) is 34.6 Å². The van der Waals surface area contributed by atoms with E-state index in [1.807, 2.05) is 35.0 Å². The number of nitrogens with zero attached hydrogens (tertiary/aromatic N) is 1. The Labute approximate surface area is 126 Å². The van der Waals surface area contributed by atoms with Gasteiger partial charge in [0.1, 0.15) is 0 Å². The molecule has 0 radical (unpaired) electrons. The molecule has 0 saturated carbocycles. The molecular weight excluding hydrogens is 314 g/mol. The zero-order valence-electron chi connectivity index (χ0n) is 11.1. The number of hydrogen-bond acceptors (Lipinski definition) is 1. The van der Waals surface area contributed by atoms with E-state index in [1.54, 1.807) is 0 Å². The third kappa shape index (κ3) is 2.73. The second-order valence-corrected chi connectivity index (χ2v) is 5.88. The van der Waals surface area contributed by atoms with Crippen molar-refractivity contribution in [3.05, 3.63) is 64.8 Å². The van der Waals surface area contributed by atoms with Crippen LogP contribution in [0.4, 0.5) is 0 Å². The van der Waals surface area contributed by atoms with E-state index in [0.29, 0.717) is 5.88 Å². The first kappa shape index (κ1) is 13.3. The SMILES string of the molecule is Oc1c2cc(Br)ccc2cn1CCCc1ccccc1. The van der Waals surface area contributed by atoms with Crippen molar-refractivity contribution in [2.75, 3.05) is 0 Å². The Hall–Kier alpha value is -1.74. The van der Waals surface area contributed by atoms with Crippen LogP contribution >= 0.6 is 15.9 Å². The van der Waals surface area contributed by atoms with Crippen LogP contribution in [0.25, 0.3) is 10.8 Å². The van der Waals surface area contributed by atoms with E-state index in [-0.39, 0.29) is 0 Å². The minimum Gasteiger partial charge on any atom is -0.494 e. The van der Waals surface area contributed by atoms with Crippen LogP contribution < -0.4 is 0 Å². The molecule has 0 aliphatic heterocycles. The monoisotopic (exact) mass is 329 g/mol. The maximum atomic E-state index is 10.3. The average Bonchev–Trinajstić information content (AvgIpc) is 2.77. The highest BCUT2D eigenvalue weighted by atomic mass is 79.9. The molecule has 1 aromatic heterocycles. The molecule has 102 valence electrons. The van der Waals surface area contributed by atoms with Crippen LogP contribution in [0.1, 0.15) is 12.0 Å². The zero-order valence-corrected chi connectivity index (χ0v) is 12.7. The Morgan fingerprint density at radius 2 is 1.85 bits per heavy atom. The lowest BCUT2D eigenvalue weighted by molar-refractivity contribution is 0.418. The highest BCUT2D eigenvalue weighted by Gasteiger charge is 2.08. The third-order valence-corrected chi connectivity index (χ3v) is 4.02. The second kappa shape index (κ2) is 5.71. The standard InChI is InChI=1S/C17H16BrNO/c18-15-9-8-14-12-19(17(20)16(14)11-15)10-4-7-13-5-2-1-3-6-13/h1-3,5-6,8-9,11-12,20H,4,7,10H2. The maximum absolute atomic E-state index is 10.3. The van der Waals surface area contributed by atoms with Gasteiger partial charge in [-0.2, -0.15) is 0 Å². The maximum Gasteiger partial charge on any atom is 0.199 e. The van der Waals surface area contributed by atoms with Crippen LogP contribution in [-0.2, 0) is 13.0 Å². The quantitative estimate of drug-likeness (QED) is 0.734. The van der Waals surface area contributed by atoms with Crippen LogP contribution in [-0.4, -0.2) is 9.67 Å². The first-order valence-corrected chi connectivity index (χ1v) is 7.54. The Morgan fingerprint density at radius 3 is 2.65 bits per heavy atom. The summed E-state index contributed by atoms with van der Waals surface area (Å²) >= 11 is 3.44. The molecular formula is C17H16BrNO. The lowest BCUT2D eigenvalue weighted by Crippen LogP contribution is -1.97. The summed E-state index contributed by atoms with van der Waals surface area (Å²) in [5.74, 6) is 0.356. The number of halogens is 1. The first-order chi connectivity index (χ1) is 9.74. The highest BCUT2D eigenvalue weighted by molar-refractivity contribution is 9.10. The van der Waals surface area contributed by atoms with E-state index >= 15 is 0 Å². The van der Waals surface area contributed by atoms with Gasteiger partial charge in [-0.25, -0.2) is 0 Å². The van der Waals surface area contributed by atoms with Gasteiger partial charge in [0.2, 0.25) is 0 Å². The summed E-state index contributed by atoms with van der Waals surface area (Å²) in [6, 6.07) is 16.4. The van der Waals surface area contributed by atoms with E-state index in [1.165, 1.54) is 5.56 Å². The van der Waals surface area contributed by atoms with Crippen LogP contribution in [0, 0.1) is 0 Å². The van der Waals surface area contributed by atoms with Gasteiger partial charge in [0.15, 0.2) is 5.88 Å². The van der Waals surface area contributed by atoms with Gasteiger partial charge in [0, 0.05) is 28.0 Å². The van der Waals surface area contributed by atoms with Crippen LogP contribution in [0.15, 0.2) is 59.2 Å². The summed E-state index contributed by atoms with van der Waals surface area (Å²) in [6.45, 7) is 0.826. The molecule has 0 bridgehead atoms. The molecule has 20 heavy (non-hydrogen) atoms. The zero-order chi connectivity index (χ0) is 13.9. The summed E-state index contributed by atoms with van der Waals surface area (Å²) < 4.78 is 2.92. The van der Waals surface area contributed by atoms with E-state index in [2.05, 4.69) is 40.2 Å². The second-order valence-electron chi connectivity index (χ2n) is 4.97. The fourth-order valence-electron chi connectivity index (χ4n) is 2.49. The first-order valence-electron chi connectivity index (χ1n) is 6.75. The van der Waals surface area contributed by atoms with Crippen molar-refractivity contribution >= 4 is 26.7 Å².